The fourth-order valence-corrected chi connectivity index (χ4v) is 7.09. The van der Waals surface area contributed by atoms with Crippen molar-refractivity contribution in [2.45, 2.75) is 43.9 Å². The highest BCUT2D eigenvalue weighted by Gasteiger charge is 2.39. The Morgan fingerprint density at radius 1 is 1.40 bits per heavy atom. The Bertz CT molecular complexity index is 580. The first kappa shape index (κ1) is 19.3. The summed E-state index contributed by atoms with van der Waals surface area (Å²) in [6, 6.07) is 0.311. The highest BCUT2D eigenvalue weighted by atomic mass is 32.2. The van der Waals surface area contributed by atoms with Crippen LogP contribution in [0.2, 0.25) is 0 Å². The van der Waals surface area contributed by atoms with E-state index >= 15 is 0 Å². The fourth-order valence-electron chi connectivity index (χ4n) is 3.80. The second-order valence-corrected chi connectivity index (χ2v) is 11.6. The summed E-state index contributed by atoms with van der Waals surface area (Å²) >= 11 is 2.09. The quantitative estimate of drug-likeness (QED) is 0.581. The predicted octanol–water partition coefficient (Wildman–Crippen LogP) is 1.37. The summed E-state index contributed by atoms with van der Waals surface area (Å²) < 4.78 is 29.2. The zero-order valence-corrected chi connectivity index (χ0v) is 17.0. The van der Waals surface area contributed by atoms with Gasteiger partial charge in [0.2, 0.25) is 0 Å². The number of nitrogens with one attached hydrogen (secondary N) is 1. The SMILES string of the molecule is CC(C)NC(=NCC1CCS(=O)(=O)C1)N1CCSC2(CCOCC2)C1. The first-order valence-electron chi connectivity index (χ1n) is 9.36. The molecule has 144 valence electrons. The van der Waals surface area contributed by atoms with Crippen LogP contribution in [-0.2, 0) is 14.6 Å². The maximum absolute atomic E-state index is 11.7. The van der Waals surface area contributed by atoms with E-state index in [-0.39, 0.29) is 10.7 Å². The molecule has 8 heteroatoms. The van der Waals surface area contributed by atoms with Crippen molar-refractivity contribution in [1.82, 2.24) is 10.2 Å². The summed E-state index contributed by atoms with van der Waals surface area (Å²) in [5, 5.41) is 3.50. The number of hydrogen-bond donors (Lipinski definition) is 1. The van der Waals surface area contributed by atoms with Crippen LogP contribution in [0.25, 0.3) is 0 Å². The van der Waals surface area contributed by atoms with Crippen molar-refractivity contribution in [2.75, 3.05) is 50.1 Å². The van der Waals surface area contributed by atoms with Crippen molar-refractivity contribution in [1.29, 1.82) is 0 Å². The van der Waals surface area contributed by atoms with Crippen molar-refractivity contribution in [3.05, 3.63) is 0 Å². The average molecular weight is 390 g/mol. The van der Waals surface area contributed by atoms with E-state index in [0.717, 1.165) is 57.3 Å². The van der Waals surface area contributed by atoms with Crippen LogP contribution in [0, 0.1) is 5.92 Å². The smallest absolute Gasteiger partial charge is 0.194 e. The number of nitrogens with zero attached hydrogens (tertiary/aromatic N) is 2. The molecule has 3 aliphatic heterocycles. The van der Waals surface area contributed by atoms with E-state index in [9.17, 15) is 8.42 Å². The number of sulfone groups is 1. The first-order valence-corrected chi connectivity index (χ1v) is 12.2. The standard InChI is InChI=1S/C17H31N3O3S2/c1-14(2)19-16(18-11-15-3-10-25(21,22)12-15)20-6-9-24-17(13-20)4-7-23-8-5-17/h14-15H,3-13H2,1-2H3,(H,18,19). The molecule has 0 aromatic rings. The topological polar surface area (TPSA) is 71.0 Å². The lowest BCUT2D eigenvalue weighted by atomic mass is 9.98. The third-order valence-electron chi connectivity index (χ3n) is 5.20. The molecule has 0 radical (unpaired) electrons. The lowest BCUT2D eigenvalue weighted by Crippen LogP contribution is -2.55. The maximum Gasteiger partial charge on any atom is 0.194 e. The summed E-state index contributed by atoms with van der Waals surface area (Å²) in [6.45, 7) is 8.55. The van der Waals surface area contributed by atoms with Crippen LogP contribution in [0.1, 0.15) is 33.1 Å². The van der Waals surface area contributed by atoms with Crippen LogP contribution in [0.4, 0.5) is 0 Å². The number of hydrogen-bond acceptors (Lipinski definition) is 5. The van der Waals surface area contributed by atoms with Crippen molar-refractivity contribution in [2.24, 2.45) is 10.9 Å². The molecule has 3 aliphatic rings. The van der Waals surface area contributed by atoms with Crippen molar-refractivity contribution in [3.8, 4) is 0 Å². The van der Waals surface area contributed by atoms with Gasteiger partial charge in [-0.25, -0.2) is 8.42 Å². The van der Waals surface area contributed by atoms with E-state index < -0.39 is 9.84 Å². The summed E-state index contributed by atoms with van der Waals surface area (Å²) in [5.74, 6) is 2.85. The molecule has 3 saturated heterocycles. The molecule has 0 saturated carbocycles. The van der Waals surface area contributed by atoms with Crippen molar-refractivity contribution in [3.63, 3.8) is 0 Å². The monoisotopic (exact) mass is 389 g/mol. The zero-order chi connectivity index (χ0) is 17.9. The van der Waals surface area contributed by atoms with Gasteiger partial charge in [0.15, 0.2) is 15.8 Å². The molecule has 0 aromatic carbocycles. The number of thioether (sulfide) groups is 1. The van der Waals surface area contributed by atoms with Gasteiger partial charge in [-0.3, -0.25) is 4.99 Å². The van der Waals surface area contributed by atoms with Gasteiger partial charge in [0.1, 0.15) is 0 Å². The number of ether oxygens (including phenoxy) is 1. The van der Waals surface area contributed by atoms with Crippen molar-refractivity contribution < 1.29 is 13.2 Å². The van der Waals surface area contributed by atoms with Gasteiger partial charge in [-0.1, -0.05) is 0 Å². The predicted molar refractivity (Wildman–Crippen MR) is 104 cm³/mol. The number of guanidine groups is 1. The minimum atomic E-state index is -2.83. The van der Waals surface area contributed by atoms with Crippen LogP contribution in [0.15, 0.2) is 4.99 Å². The van der Waals surface area contributed by atoms with Gasteiger partial charge >= 0.3 is 0 Å². The summed E-state index contributed by atoms with van der Waals surface area (Å²) in [5.41, 5.74) is 0. The van der Waals surface area contributed by atoms with Crippen LogP contribution in [0.5, 0.6) is 0 Å². The molecule has 6 nitrogen and oxygen atoms in total. The molecule has 1 unspecified atom stereocenters. The van der Waals surface area contributed by atoms with Crippen LogP contribution in [-0.4, -0.2) is 80.2 Å². The molecule has 0 aliphatic carbocycles. The van der Waals surface area contributed by atoms with E-state index in [1.807, 2.05) is 0 Å². The zero-order valence-electron chi connectivity index (χ0n) is 15.4. The Morgan fingerprint density at radius 2 is 2.16 bits per heavy atom. The van der Waals surface area contributed by atoms with Gasteiger partial charge < -0.3 is 15.0 Å². The molecule has 3 rings (SSSR count). The summed E-state index contributed by atoms with van der Waals surface area (Å²) in [6.07, 6.45) is 2.95. The average Bonchev–Trinajstić information content (AvgIpc) is 2.91. The van der Waals surface area contributed by atoms with Gasteiger partial charge in [0.25, 0.3) is 0 Å². The normalized spacial score (nSPS) is 29.3. The fraction of sp³-hybridized carbons (Fsp3) is 0.941. The Morgan fingerprint density at radius 3 is 2.80 bits per heavy atom. The van der Waals surface area contributed by atoms with Crippen LogP contribution >= 0.6 is 11.8 Å². The van der Waals surface area contributed by atoms with Gasteiger partial charge in [-0.05, 0) is 39.0 Å². The number of aliphatic imine (C=N–C) groups is 1. The Balaban J connectivity index is 1.67. The lowest BCUT2D eigenvalue weighted by molar-refractivity contribution is 0.0699. The molecule has 3 heterocycles. The van der Waals surface area contributed by atoms with Crippen LogP contribution in [0.3, 0.4) is 0 Å². The number of rotatable bonds is 3. The minimum absolute atomic E-state index is 0.171. The second-order valence-electron chi connectivity index (χ2n) is 7.80. The molecule has 0 amide bonds. The lowest BCUT2D eigenvalue weighted by Gasteiger charge is -2.45. The van der Waals surface area contributed by atoms with Gasteiger partial charge in [0, 0.05) is 49.4 Å². The van der Waals surface area contributed by atoms with Gasteiger partial charge in [-0.15, -0.1) is 0 Å². The third kappa shape index (κ3) is 5.26. The molecule has 1 atom stereocenters. The highest BCUT2D eigenvalue weighted by molar-refractivity contribution is 8.00. The molecule has 1 N–H and O–H groups in total. The Kier molecular flexibility index (Phi) is 6.21. The second kappa shape index (κ2) is 8.05. The first-order chi connectivity index (χ1) is 11.9. The van der Waals surface area contributed by atoms with E-state index in [1.54, 1.807) is 0 Å². The molecule has 0 bridgehead atoms. The summed E-state index contributed by atoms with van der Waals surface area (Å²) in [4.78, 5) is 7.22. The molecule has 3 fully saturated rings. The highest BCUT2D eigenvalue weighted by Crippen LogP contribution is 2.39. The Hall–Kier alpha value is -0.470. The van der Waals surface area contributed by atoms with E-state index in [2.05, 4.69) is 35.8 Å². The molecule has 0 aromatic heterocycles. The van der Waals surface area contributed by atoms with Gasteiger partial charge in [-0.2, -0.15) is 11.8 Å². The third-order valence-corrected chi connectivity index (χ3v) is 8.57. The summed E-state index contributed by atoms with van der Waals surface area (Å²) in [7, 11) is -2.83. The minimum Gasteiger partial charge on any atom is -0.381 e. The van der Waals surface area contributed by atoms with E-state index in [0.29, 0.717) is 24.1 Å². The molecule has 1 spiro atoms. The largest absolute Gasteiger partial charge is 0.381 e. The van der Waals surface area contributed by atoms with E-state index in [4.69, 9.17) is 9.73 Å². The Labute approximate surface area is 156 Å². The molecule has 25 heavy (non-hydrogen) atoms. The maximum atomic E-state index is 11.7. The van der Waals surface area contributed by atoms with Gasteiger partial charge in [0.05, 0.1) is 11.5 Å². The van der Waals surface area contributed by atoms with Crippen molar-refractivity contribution >= 4 is 27.6 Å². The molecular formula is C17H31N3O3S2. The molecular weight excluding hydrogens is 358 g/mol. The van der Waals surface area contributed by atoms with E-state index in [1.165, 1.54) is 0 Å². The van der Waals surface area contributed by atoms with Crippen LogP contribution < -0.4 is 5.32 Å².